The van der Waals surface area contributed by atoms with E-state index >= 15 is 0 Å². The maximum absolute atomic E-state index is 12.3. The number of hydrogen-bond acceptors (Lipinski definition) is 6. The Hall–Kier alpha value is -2.22. The average molecular weight is 345 g/mol. The number of amides is 3. The van der Waals surface area contributed by atoms with Crippen LogP contribution in [0.2, 0.25) is 0 Å². The molecule has 2 aliphatic rings. The second-order valence-electron chi connectivity index (χ2n) is 6.33. The van der Waals surface area contributed by atoms with Crippen molar-refractivity contribution < 1.29 is 9.59 Å². The van der Waals surface area contributed by atoms with Crippen molar-refractivity contribution in [2.45, 2.75) is 38.1 Å². The highest BCUT2D eigenvalue weighted by Crippen LogP contribution is 2.38. The van der Waals surface area contributed by atoms with Gasteiger partial charge in [-0.1, -0.05) is 13.3 Å². The van der Waals surface area contributed by atoms with Gasteiger partial charge >= 0.3 is 6.03 Å². The molecule has 2 fully saturated rings. The number of urea groups is 1. The van der Waals surface area contributed by atoms with Crippen molar-refractivity contribution in [2.75, 3.05) is 11.9 Å². The third-order valence-corrected chi connectivity index (χ3v) is 5.80. The van der Waals surface area contributed by atoms with Crippen molar-refractivity contribution in [1.82, 2.24) is 20.6 Å². The number of aromatic nitrogens is 2. The summed E-state index contributed by atoms with van der Waals surface area (Å²) in [6.07, 6.45) is 3.29. The highest BCUT2D eigenvalue weighted by molar-refractivity contribution is 7.16. The minimum atomic E-state index is -0.765. The van der Waals surface area contributed by atoms with Crippen molar-refractivity contribution in [3.8, 4) is 0 Å². The van der Waals surface area contributed by atoms with Gasteiger partial charge in [0.2, 0.25) is 0 Å². The molecule has 1 spiro atoms. The van der Waals surface area contributed by atoms with Crippen LogP contribution in [0.25, 0.3) is 10.2 Å². The molecule has 3 heterocycles. The molecule has 7 nitrogen and oxygen atoms in total. The molecule has 1 saturated heterocycles. The first-order valence-electron chi connectivity index (χ1n) is 8.24. The maximum Gasteiger partial charge on any atom is 0.322 e. The summed E-state index contributed by atoms with van der Waals surface area (Å²) < 4.78 is 0. The minimum Gasteiger partial charge on any atom is -0.369 e. The van der Waals surface area contributed by atoms with Gasteiger partial charge in [0.15, 0.2) is 0 Å². The van der Waals surface area contributed by atoms with Crippen molar-refractivity contribution in [2.24, 2.45) is 5.92 Å². The Morgan fingerprint density at radius 3 is 3.04 bits per heavy atom. The van der Waals surface area contributed by atoms with E-state index in [1.165, 1.54) is 0 Å². The zero-order chi connectivity index (χ0) is 16.7. The average Bonchev–Trinajstić information content (AvgIpc) is 3.25. The first-order valence-corrected chi connectivity index (χ1v) is 9.12. The Morgan fingerprint density at radius 1 is 1.42 bits per heavy atom. The largest absolute Gasteiger partial charge is 0.369 e. The van der Waals surface area contributed by atoms with Crippen molar-refractivity contribution in [3.05, 3.63) is 17.3 Å². The number of nitrogens with zero attached hydrogens (tertiary/aromatic N) is 2. The molecule has 3 N–H and O–H groups in total. The van der Waals surface area contributed by atoms with Crippen LogP contribution in [0.15, 0.2) is 11.4 Å². The number of nitrogens with one attached hydrogen (secondary N) is 3. The van der Waals surface area contributed by atoms with Gasteiger partial charge in [0.1, 0.15) is 22.0 Å². The lowest BCUT2D eigenvalue weighted by Gasteiger charge is -2.28. The lowest BCUT2D eigenvalue weighted by Crippen LogP contribution is -2.51. The minimum absolute atomic E-state index is 0.0534. The van der Waals surface area contributed by atoms with Gasteiger partial charge < -0.3 is 10.6 Å². The smallest absolute Gasteiger partial charge is 0.322 e. The van der Waals surface area contributed by atoms with E-state index in [9.17, 15) is 9.59 Å². The number of fused-ring (bicyclic) bond motifs is 1. The first-order chi connectivity index (χ1) is 11.6. The van der Waals surface area contributed by atoms with Gasteiger partial charge in [-0.25, -0.2) is 14.8 Å². The fourth-order valence-corrected chi connectivity index (χ4v) is 4.52. The zero-order valence-corrected chi connectivity index (χ0v) is 14.2. The predicted molar refractivity (Wildman–Crippen MR) is 92.0 cm³/mol. The summed E-state index contributed by atoms with van der Waals surface area (Å²) in [6.45, 7) is 2.63. The Morgan fingerprint density at radius 2 is 2.29 bits per heavy atom. The van der Waals surface area contributed by atoms with Crippen LogP contribution in [0, 0.1) is 5.92 Å². The third-order valence-electron chi connectivity index (χ3n) is 4.99. The molecule has 126 valence electrons. The molecule has 2 atom stereocenters. The number of aryl methyl sites for hydroxylation is 1. The second-order valence-corrected chi connectivity index (χ2v) is 7.23. The molecule has 24 heavy (non-hydrogen) atoms. The fraction of sp³-hybridized carbons (Fsp3) is 0.500. The summed E-state index contributed by atoms with van der Waals surface area (Å²) in [7, 11) is 0. The predicted octanol–water partition coefficient (Wildman–Crippen LogP) is 2.04. The van der Waals surface area contributed by atoms with Crippen LogP contribution in [-0.2, 0) is 11.2 Å². The molecule has 1 aliphatic heterocycles. The molecule has 2 aromatic heterocycles. The van der Waals surface area contributed by atoms with E-state index in [0.29, 0.717) is 13.0 Å². The molecular weight excluding hydrogens is 326 g/mol. The van der Waals surface area contributed by atoms with Gasteiger partial charge in [0, 0.05) is 18.9 Å². The van der Waals surface area contributed by atoms with Gasteiger partial charge in [-0.05, 0) is 24.3 Å². The van der Waals surface area contributed by atoms with Gasteiger partial charge in [0.05, 0.1) is 5.39 Å². The van der Waals surface area contributed by atoms with Crippen molar-refractivity contribution in [3.63, 3.8) is 0 Å². The van der Waals surface area contributed by atoms with Gasteiger partial charge in [0.25, 0.3) is 5.91 Å². The number of imide groups is 1. The molecular formula is C16H19N5O2S. The fourth-order valence-electron chi connectivity index (χ4n) is 3.74. The number of anilines is 1. The SMILES string of the molecule is CCc1nc(NC[C@H]2CCC[C@]23NC(=O)NC3=O)c2ccsc2n1. The van der Waals surface area contributed by atoms with E-state index in [-0.39, 0.29) is 17.9 Å². The molecule has 4 rings (SSSR count). The molecule has 0 bridgehead atoms. The van der Waals surface area contributed by atoms with Crippen molar-refractivity contribution >= 4 is 39.3 Å². The molecule has 1 saturated carbocycles. The molecule has 1 aliphatic carbocycles. The van der Waals surface area contributed by atoms with Gasteiger partial charge in [-0.3, -0.25) is 10.1 Å². The highest BCUT2D eigenvalue weighted by Gasteiger charge is 2.54. The molecule has 8 heteroatoms. The number of rotatable bonds is 4. The number of carbonyl (C=O) groups excluding carboxylic acids is 2. The summed E-state index contributed by atoms with van der Waals surface area (Å²) >= 11 is 1.60. The summed E-state index contributed by atoms with van der Waals surface area (Å²) in [4.78, 5) is 33.9. The van der Waals surface area contributed by atoms with E-state index in [2.05, 4.69) is 25.9 Å². The summed E-state index contributed by atoms with van der Waals surface area (Å²) in [5.74, 6) is 1.47. The van der Waals surface area contributed by atoms with E-state index in [1.807, 2.05) is 18.4 Å². The van der Waals surface area contributed by atoms with Crippen LogP contribution in [0.5, 0.6) is 0 Å². The number of thiophene rings is 1. The van der Waals surface area contributed by atoms with Crippen molar-refractivity contribution in [1.29, 1.82) is 0 Å². The topological polar surface area (TPSA) is 96.0 Å². The van der Waals surface area contributed by atoms with Crippen LogP contribution in [0.1, 0.15) is 32.0 Å². The van der Waals surface area contributed by atoms with E-state index in [1.54, 1.807) is 11.3 Å². The van der Waals surface area contributed by atoms with Crippen LogP contribution in [0.4, 0.5) is 10.6 Å². The normalized spacial score (nSPS) is 26.1. The van der Waals surface area contributed by atoms with Crippen LogP contribution in [0.3, 0.4) is 0 Å². The standard InChI is InChI=1S/C16H19N5O2S/c1-2-11-18-12(10-5-7-24-13(10)19-11)17-8-9-4-3-6-16(9)14(22)20-15(23)21-16/h5,7,9H,2-4,6,8H2,1H3,(H,17,18,19)(H2,20,21,22,23)/t9-,16+/m1/s1. The van der Waals surface area contributed by atoms with Crippen LogP contribution >= 0.6 is 11.3 Å². The third kappa shape index (κ3) is 2.32. The monoisotopic (exact) mass is 345 g/mol. The van der Waals surface area contributed by atoms with Crippen LogP contribution < -0.4 is 16.0 Å². The first kappa shape index (κ1) is 15.3. The Labute approximate surface area is 143 Å². The van der Waals surface area contributed by atoms with E-state index < -0.39 is 5.54 Å². The zero-order valence-electron chi connectivity index (χ0n) is 13.4. The number of carbonyl (C=O) groups is 2. The molecule has 0 unspecified atom stereocenters. The molecule has 2 aromatic rings. The Bertz CT molecular complexity index is 820. The summed E-state index contributed by atoms with van der Waals surface area (Å²) in [5.41, 5.74) is -0.765. The summed E-state index contributed by atoms with van der Waals surface area (Å²) in [6, 6.07) is 1.62. The Balaban J connectivity index is 1.58. The van der Waals surface area contributed by atoms with Gasteiger partial charge in [-0.2, -0.15) is 0 Å². The lowest BCUT2D eigenvalue weighted by molar-refractivity contribution is -0.125. The summed E-state index contributed by atoms with van der Waals surface area (Å²) in [5, 5.41) is 11.6. The van der Waals surface area contributed by atoms with E-state index in [0.717, 1.165) is 41.1 Å². The van der Waals surface area contributed by atoms with Crippen LogP contribution in [-0.4, -0.2) is 34.0 Å². The number of hydrogen-bond donors (Lipinski definition) is 3. The maximum atomic E-state index is 12.3. The molecule has 3 amide bonds. The second kappa shape index (κ2) is 5.70. The lowest BCUT2D eigenvalue weighted by atomic mass is 9.87. The van der Waals surface area contributed by atoms with Gasteiger partial charge in [-0.15, -0.1) is 11.3 Å². The molecule has 0 aromatic carbocycles. The van der Waals surface area contributed by atoms with E-state index in [4.69, 9.17) is 0 Å². The Kier molecular flexibility index (Phi) is 3.64. The molecule has 0 radical (unpaired) electrons. The quantitative estimate of drug-likeness (QED) is 0.737. The highest BCUT2D eigenvalue weighted by atomic mass is 32.1.